The highest BCUT2D eigenvalue weighted by Gasteiger charge is 2.48. The topological polar surface area (TPSA) is 86.8 Å². The fraction of sp³-hybridized carbons (Fsp3) is 0.173. The maximum absolute atomic E-state index is 6.20. The molecule has 0 fully saturated rings. The van der Waals surface area contributed by atoms with E-state index in [-0.39, 0.29) is 12.1 Å². The third kappa shape index (κ3) is 11.0. The van der Waals surface area contributed by atoms with E-state index in [1.165, 1.54) is 0 Å². The van der Waals surface area contributed by atoms with Crippen LogP contribution in [0.5, 0.6) is 34.5 Å². The number of anilines is 8. The average Bonchev–Trinajstić information content (AvgIpc) is 1.60. The molecule has 8 aromatic carbocycles. The number of methoxy groups -OCH3 is 8. The monoisotopic (exact) mass is 1160 g/mol. The Morgan fingerprint density at radius 3 is 1.05 bits per heavy atom. The summed E-state index contributed by atoms with van der Waals surface area (Å²) < 4.78 is 46.5. The van der Waals surface area contributed by atoms with Crippen molar-refractivity contribution in [2.45, 2.75) is 31.4 Å². The summed E-state index contributed by atoms with van der Waals surface area (Å²) in [5.74, 6) is 5.19. The largest absolute Gasteiger partial charge is 0.497 e. The van der Waals surface area contributed by atoms with E-state index < -0.39 is 5.41 Å². The maximum atomic E-state index is 6.20. The van der Waals surface area contributed by atoms with Gasteiger partial charge in [-0.1, -0.05) is 25.3 Å². The molecule has 1 spiro atoms. The number of fused-ring (bicyclic) bond motifs is 5. The summed E-state index contributed by atoms with van der Waals surface area (Å²) in [5, 5.41) is 0. The molecule has 3 aliphatic carbocycles. The third-order valence-electron chi connectivity index (χ3n) is 16.8. The second-order valence-electron chi connectivity index (χ2n) is 21.3. The highest BCUT2D eigenvalue weighted by atomic mass is 16.5. The molecule has 0 N–H and O–H groups in total. The zero-order chi connectivity index (χ0) is 60.9. The zero-order valence-corrected chi connectivity index (χ0v) is 50.9. The molecule has 0 saturated carbocycles. The van der Waals surface area contributed by atoms with Crippen LogP contribution in [0.4, 0.5) is 45.5 Å². The van der Waals surface area contributed by atoms with Crippen LogP contribution in [0.3, 0.4) is 0 Å². The van der Waals surface area contributed by atoms with Crippen LogP contribution in [0, 0.1) is 0 Å². The van der Waals surface area contributed by atoms with Gasteiger partial charge in [-0.05, 0) is 254 Å². The molecule has 87 heavy (non-hydrogen) atoms. The van der Waals surface area contributed by atoms with Crippen LogP contribution in [-0.4, -0.2) is 69.0 Å². The molecular formula is C75H72N4O8. The lowest BCUT2D eigenvalue weighted by Gasteiger charge is -2.38. The Kier molecular flexibility index (Phi) is 16.9. The molecule has 8 aromatic rings. The first-order valence-electron chi connectivity index (χ1n) is 28.7. The lowest BCUT2D eigenvalue weighted by atomic mass is 9.67. The summed E-state index contributed by atoms with van der Waals surface area (Å²) in [5.41, 5.74) is 14.2. The van der Waals surface area contributed by atoms with Crippen molar-refractivity contribution in [2.24, 2.45) is 0 Å². The number of nitrogens with zero attached hydrogens (tertiary/aromatic N) is 4. The number of rotatable bonds is 21. The number of hydrogen-bond acceptors (Lipinski definition) is 12. The van der Waals surface area contributed by atoms with E-state index in [1.54, 1.807) is 56.9 Å². The van der Waals surface area contributed by atoms with Crippen LogP contribution in [0.15, 0.2) is 266 Å². The van der Waals surface area contributed by atoms with Gasteiger partial charge < -0.3 is 57.5 Å². The molecule has 0 aromatic heterocycles. The van der Waals surface area contributed by atoms with Crippen LogP contribution in [0.1, 0.15) is 25.0 Å². The summed E-state index contributed by atoms with van der Waals surface area (Å²) in [4.78, 5) is 9.05. The Hall–Kier alpha value is -10.3. The minimum atomic E-state index is -1.18. The predicted octanol–water partition coefficient (Wildman–Crippen LogP) is 17.3. The Bertz CT molecular complexity index is 3880. The van der Waals surface area contributed by atoms with Crippen molar-refractivity contribution in [1.29, 1.82) is 0 Å². The molecule has 3 aliphatic rings. The van der Waals surface area contributed by atoms with Gasteiger partial charge in [0.05, 0.1) is 73.0 Å². The summed E-state index contributed by atoms with van der Waals surface area (Å²) in [6.45, 7) is 14.9. The molecule has 0 aliphatic heterocycles. The summed E-state index contributed by atoms with van der Waals surface area (Å²) in [6.07, 6.45) is 12.6. The fourth-order valence-electron chi connectivity index (χ4n) is 11.9. The van der Waals surface area contributed by atoms with Crippen LogP contribution >= 0.6 is 0 Å². The van der Waals surface area contributed by atoms with E-state index >= 15 is 0 Å². The van der Waals surface area contributed by atoms with Crippen molar-refractivity contribution in [1.82, 2.24) is 0 Å². The molecule has 3 atom stereocenters. The van der Waals surface area contributed by atoms with E-state index in [0.717, 1.165) is 136 Å². The normalized spacial score (nSPS) is 17.1. The summed E-state index contributed by atoms with van der Waals surface area (Å²) in [6, 6.07) is 62.0. The van der Waals surface area contributed by atoms with E-state index in [4.69, 9.17) is 51.1 Å². The van der Waals surface area contributed by atoms with Crippen LogP contribution in [0.25, 0.3) is 11.1 Å². The first-order chi connectivity index (χ1) is 42.4. The molecule has 0 amide bonds. The zero-order valence-electron chi connectivity index (χ0n) is 50.9. The number of ether oxygens (including phenoxy) is 8. The molecule has 2 unspecified atom stereocenters. The minimum Gasteiger partial charge on any atom is -0.497 e. The highest BCUT2D eigenvalue weighted by molar-refractivity contribution is 5.93. The molecule has 0 heterocycles. The van der Waals surface area contributed by atoms with E-state index in [0.29, 0.717) is 0 Å². The maximum Gasteiger partial charge on any atom is 0.142 e. The van der Waals surface area contributed by atoms with E-state index in [9.17, 15) is 0 Å². The van der Waals surface area contributed by atoms with Gasteiger partial charge in [-0.15, -0.1) is 0 Å². The molecule has 12 nitrogen and oxygen atoms in total. The molecule has 0 bridgehead atoms. The second-order valence-corrected chi connectivity index (χ2v) is 21.3. The van der Waals surface area contributed by atoms with Gasteiger partial charge in [0.1, 0.15) is 40.3 Å². The summed E-state index contributed by atoms with van der Waals surface area (Å²) >= 11 is 0. The molecule has 12 heteroatoms. The van der Waals surface area contributed by atoms with E-state index in [2.05, 4.69) is 173 Å². The SMILES string of the molecule is C=C1\C=C(N(c2ccc(OC)cc2)c2ccc(OC)cc2)/C=C\C(N(c2ccc(OC)cc2)[C@@H](C)C(C)OC)=C/C(=C)C12c1cc(N(C3=CC=C3OC)c3ccc(OC)cc3)ccc1-c1ccc(N(c3ccc(OC)cc3)c3ccc(OC)cc3)cc12. The van der Waals surface area contributed by atoms with Gasteiger partial charge in [-0.3, -0.25) is 0 Å². The van der Waals surface area contributed by atoms with Gasteiger partial charge in [0.15, 0.2) is 0 Å². The number of hydrogen-bond donors (Lipinski definition) is 0. The Morgan fingerprint density at radius 2 is 0.690 bits per heavy atom. The predicted molar refractivity (Wildman–Crippen MR) is 352 cm³/mol. The molecule has 440 valence electrons. The van der Waals surface area contributed by atoms with Crippen molar-refractivity contribution < 1.29 is 37.9 Å². The molecule has 11 rings (SSSR count). The smallest absolute Gasteiger partial charge is 0.142 e. The minimum absolute atomic E-state index is 0.209. The Labute approximate surface area is 511 Å². The van der Waals surface area contributed by atoms with Crippen LogP contribution < -0.4 is 48.0 Å². The fourth-order valence-corrected chi connectivity index (χ4v) is 11.9. The second kappa shape index (κ2) is 25.1. The molecule has 0 saturated heterocycles. The average molecular weight is 1160 g/mol. The van der Waals surface area contributed by atoms with Gasteiger partial charge in [0.2, 0.25) is 0 Å². The standard InChI is InChI=1S/C75H72N4O8/c1-49-45-59(76(51(3)52(4)80-5)53-15-29-63(81-6)30-16-53)13-14-60(77(54-17-31-64(82-7)32-18-54)55-19-33-65(83-8)34-20-55)46-50(2)75(49)71-47-61(78(56-21-35-66(84-9)36-22-56)57-23-37-67(85-10)38-24-57)27-41-69(71)70-42-28-62(48-72(70)75)79(73-43-44-74(73)87-12)58-25-39-68(86-11)40-26-58/h13-48,51-52H,1-2H2,3-12H3/b14-13-,59-45+,60-46+/t51-,52?,75?/m0/s1. The molecular weight excluding hydrogens is 1080 g/mol. The third-order valence-corrected chi connectivity index (χ3v) is 16.8. The Balaban J connectivity index is 1.24. The number of allylic oxidation sites excluding steroid dienone is 8. The van der Waals surface area contributed by atoms with Gasteiger partial charge in [0, 0.05) is 64.0 Å². The Morgan fingerprint density at radius 1 is 0.356 bits per heavy atom. The first kappa shape index (κ1) is 58.5. The summed E-state index contributed by atoms with van der Waals surface area (Å²) in [7, 11) is 13.5. The lowest BCUT2D eigenvalue weighted by Crippen LogP contribution is -2.40. The van der Waals surface area contributed by atoms with Crippen molar-refractivity contribution >= 4 is 45.5 Å². The van der Waals surface area contributed by atoms with Crippen LogP contribution in [0.2, 0.25) is 0 Å². The lowest BCUT2D eigenvalue weighted by molar-refractivity contribution is 0.0997. The van der Waals surface area contributed by atoms with Crippen molar-refractivity contribution in [3.05, 3.63) is 277 Å². The van der Waals surface area contributed by atoms with Crippen molar-refractivity contribution in [3.8, 4) is 45.6 Å². The van der Waals surface area contributed by atoms with Crippen LogP contribution in [-0.2, 0) is 14.9 Å². The van der Waals surface area contributed by atoms with Gasteiger partial charge in [0.25, 0.3) is 0 Å². The van der Waals surface area contributed by atoms with Crippen molar-refractivity contribution in [3.63, 3.8) is 0 Å². The number of benzene rings is 8. The highest BCUT2D eigenvalue weighted by Crippen LogP contribution is 2.60. The van der Waals surface area contributed by atoms with E-state index in [1.807, 2.05) is 78.9 Å². The first-order valence-corrected chi connectivity index (χ1v) is 28.7. The van der Waals surface area contributed by atoms with Crippen molar-refractivity contribution in [2.75, 3.05) is 76.5 Å². The van der Waals surface area contributed by atoms with Gasteiger partial charge >= 0.3 is 0 Å². The van der Waals surface area contributed by atoms with Gasteiger partial charge in [-0.2, -0.15) is 0 Å². The quantitative estimate of drug-likeness (QED) is 0.0687. The molecule has 0 radical (unpaired) electrons. The van der Waals surface area contributed by atoms with Gasteiger partial charge in [-0.25, -0.2) is 0 Å².